The molecule has 3 heteroatoms. The molecule has 2 aromatic heterocycles. The van der Waals surface area contributed by atoms with Gasteiger partial charge in [-0.3, -0.25) is 4.57 Å². The minimum atomic E-state index is 0.913. The number of hydrogen-bond donors (Lipinski definition) is 0. The lowest BCUT2D eigenvalue weighted by Gasteiger charge is -2.09. The van der Waals surface area contributed by atoms with Gasteiger partial charge in [-0.2, -0.15) is 0 Å². The first-order valence-corrected chi connectivity index (χ1v) is 9.10. The molecule has 0 fully saturated rings. The fourth-order valence-corrected chi connectivity index (χ4v) is 4.14. The predicted molar refractivity (Wildman–Crippen MR) is 105 cm³/mol. The summed E-state index contributed by atoms with van der Waals surface area (Å²) < 4.78 is 4.56. The van der Waals surface area contributed by atoms with Gasteiger partial charge < -0.3 is 0 Å². The molecule has 2 aromatic carbocycles. The van der Waals surface area contributed by atoms with E-state index in [1.54, 1.807) is 0 Å². The Bertz CT molecular complexity index is 1200. The van der Waals surface area contributed by atoms with Crippen LogP contribution in [0.1, 0.15) is 28.1 Å². The lowest BCUT2D eigenvalue weighted by atomic mass is 10.0. The van der Waals surface area contributed by atoms with Crippen LogP contribution in [0, 0.1) is 20.8 Å². The van der Waals surface area contributed by atoms with Crippen LogP contribution >= 0.6 is 0 Å². The van der Waals surface area contributed by atoms with E-state index >= 15 is 0 Å². The molecule has 0 N–H and O–H groups in total. The van der Waals surface area contributed by atoms with Crippen LogP contribution in [-0.2, 0) is 13.5 Å². The van der Waals surface area contributed by atoms with Gasteiger partial charge in [0, 0.05) is 18.1 Å². The molecule has 0 atom stereocenters. The maximum absolute atomic E-state index is 4.91. The van der Waals surface area contributed by atoms with Crippen LogP contribution in [0.5, 0.6) is 0 Å². The fourth-order valence-electron chi connectivity index (χ4n) is 4.14. The number of aryl methyl sites for hydroxylation is 4. The van der Waals surface area contributed by atoms with Crippen molar-refractivity contribution in [3.63, 3.8) is 0 Å². The van der Waals surface area contributed by atoms with Crippen LogP contribution in [0.4, 0.5) is 0 Å². The highest BCUT2D eigenvalue weighted by atomic mass is 15.1. The summed E-state index contributed by atoms with van der Waals surface area (Å²) >= 11 is 0. The average Bonchev–Trinajstić information content (AvgIpc) is 3.13. The summed E-state index contributed by atoms with van der Waals surface area (Å²) in [6, 6.07) is 15.5. The number of para-hydroxylation sites is 1. The van der Waals surface area contributed by atoms with Gasteiger partial charge in [0.15, 0.2) is 6.20 Å². The van der Waals surface area contributed by atoms with Crippen LogP contribution in [0.2, 0.25) is 0 Å². The van der Waals surface area contributed by atoms with Gasteiger partial charge in [-0.25, -0.2) is 9.55 Å². The Morgan fingerprint density at radius 3 is 2.62 bits per heavy atom. The summed E-state index contributed by atoms with van der Waals surface area (Å²) in [5, 5.41) is 0. The topological polar surface area (TPSA) is 21.7 Å². The van der Waals surface area contributed by atoms with E-state index in [1.165, 1.54) is 44.7 Å². The summed E-state index contributed by atoms with van der Waals surface area (Å²) in [7, 11) is 2.13. The zero-order chi connectivity index (χ0) is 18.0. The van der Waals surface area contributed by atoms with E-state index in [9.17, 15) is 0 Å². The molecule has 26 heavy (non-hydrogen) atoms. The van der Waals surface area contributed by atoms with Crippen molar-refractivity contribution in [1.29, 1.82) is 0 Å². The highest BCUT2D eigenvalue weighted by Crippen LogP contribution is 2.34. The number of pyridine rings is 1. The standard InChI is InChI=1S/C23H22N3/c1-14-10-21(25(4)13-16(14)3)18-12-22-19(9-15(18)2)24-23-11-17-7-5-6-8-20(17)26(22)23/h5-10,12-13H,11H2,1-4H3/q+1. The van der Waals surface area contributed by atoms with E-state index in [0.717, 1.165) is 17.8 Å². The maximum Gasteiger partial charge on any atom is 0.212 e. The minimum absolute atomic E-state index is 0.913. The van der Waals surface area contributed by atoms with E-state index < -0.39 is 0 Å². The molecule has 1 aliphatic rings. The quantitative estimate of drug-likeness (QED) is 0.416. The van der Waals surface area contributed by atoms with Gasteiger partial charge in [-0.1, -0.05) is 18.2 Å². The van der Waals surface area contributed by atoms with Crippen molar-refractivity contribution in [2.45, 2.75) is 27.2 Å². The highest BCUT2D eigenvalue weighted by Gasteiger charge is 2.24. The zero-order valence-corrected chi connectivity index (χ0v) is 15.7. The average molecular weight is 340 g/mol. The number of imidazole rings is 1. The summed E-state index contributed by atoms with van der Waals surface area (Å²) in [5.41, 5.74) is 11.3. The Labute approximate surface area is 153 Å². The Morgan fingerprint density at radius 1 is 0.962 bits per heavy atom. The smallest absolute Gasteiger partial charge is 0.212 e. The van der Waals surface area contributed by atoms with Crippen molar-refractivity contribution in [3.8, 4) is 16.9 Å². The first-order chi connectivity index (χ1) is 12.5. The van der Waals surface area contributed by atoms with Crippen molar-refractivity contribution in [2.24, 2.45) is 7.05 Å². The summed E-state index contributed by atoms with van der Waals surface area (Å²) in [4.78, 5) is 4.91. The van der Waals surface area contributed by atoms with E-state index in [2.05, 4.69) is 85.6 Å². The van der Waals surface area contributed by atoms with Gasteiger partial charge in [0.2, 0.25) is 5.69 Å². The van der Waals surface area contributed by atoms with Crippen LogP contribution < -0.4 is 4.57 Å². The number of nitrogens with zero attached hydrogens (tertiary/aromatic N) is 3. The first-order valence-electron chi connectivity index (χ1n) is 9.10. The third-order valence-electron chi connectivity index (χ3n) is 5.67. The molecule has 0 aliphatic carbocycles. The zero-order valence-electron chi connectivity index (χ0n) is 15.7. The largest absolute Gasteiger partial charge is 0.296 e. The molecule has 4 aromatic rings. The van der Waals surface area contributed by atoms with Gasteiger partial charge in [-0.05, 0) is 55.7 Å². The Kier molecular flexibility index (Phi) is 3.11. The molecule has 3 nitrogen and oxygen atoms in total. The minimum Gasteiger partial charge on any atom is -0.296 e. The Balaban J connectivity index is 1.80. The molecule has 0 amide bonds. The number of benzene rings is 2. The predicted octanol–water partition coefficient (Wildman–Crippen LogP) is 4.35. The number of fused-ring (bicyclic) bond motifs is 5. The second-order valence-electron chi connectivity index (χ2n) is 7.46. The molecule has 128 valence electrons. The molecular formula is C23H22N3+. The molecule has 1 aliphatic heterocycles. The van der Waals surface area contributed by atoms with Crippen LogP contribution in [0.15, 0.2) is 48.7 Å². The SMILES string of the molecule is Cc1cc(-c2cc3c(cc2C)nc2n3-c3ccccc3C2)[n+](C)cc1C. The summed E-state index contributed by atoms with van der Waals surface area (Å²) in [5.74, 6) is 1.14. The third kappa shape index (κ3) is 2.07. The van der Waals surface area contributed by atoms with Crippen LogP contribution in [-0.4, -0.2) is 9.55 Å². The fraction of sp³-hybridized carbons (Fsp3) is 0.217. The molecule has 0 radical (unpaired) electrons. The number of aromatic nitrogens is 3. The normalized spacial score (nSPS) is 12.5. The summed E-state index contributed by atoms with van der Waals surface area (Å²) in [6.45, 7) is 6.53. The Morgan fingerprint density at radius 2 is 1.77 bits per heavy atom. The van der Waals surface area contributed by atoms with E-state index in [0.29, 0.717) is 0 Å². The second kappa shape index (κ2) is 5.28. The number of rotatable bonds is 1. The Hall–Kier alpha value is -2.94. The van der Waals surface area contributed by atoms with Crippen molar-refractivity contribution in [3.05, 3.63) is 76.7 Å². The molecule has 3 heterocycles. The molecule has 0 saturated heterocycles. The van der Waals surface area contributed by atoms with Gasteiger partial charge in [-0.15, -0.1) is 0 Å². The van der Waals surface area contributed by atoms with Crippen LogP contribution in [0.3, 0.4) is 0 Å². The molecule has 5 rings (SSSR count). The maximum atomic E-state index is 4.91. The lowest BCUT2D eigenvalue weighted by Crippen LogP contribution is -2.31. The molecule has 0 spiro atoms. The molecular weight excluding hydrogens is 318 g/mol. The van der Waals surface area contributed by atoms with Gasteiger partial charge in [0.05, 0.1) is 22.3 Å². The molecule has 0 bridgehead atoms. The molecule has 0 unspecified atom stereocenters. The monoisotopic (exact) mass is 340 g/mol. The highest BCUT2D eigenvalue weighted by molar-refractivity contribution is 5.86. The number of hydrogen-bond acceptors (Lipinski definition) is 1. The van der Waals surface area contributed by atoms with E-state index in [1.807, 2.05) is 0 Å². The van der Waals surface area contributed by atoms with Gasteiger partial charge >= 0.3 is 0 Å². The first kappa shape index (κ1) is 15.3. The van der Waals surface area contributed by atoms with Gasteiger partial charge in [0.1, 0.15) is 12.9 Å². The van der Waals surface area contributed by atoms with E-state index in [4.69, 9.17) is 4.98 Å². The van der Waals surface area contributed by atoms with Crippen molar-refractivity contribution in [2.75, 3.05) is 0 Å². The third-order valence-corrected chi connectivity index (χ3v) is 5.67. The second-order valence-corrected chi connectivity index (χ2v) is 7.46. The molecule has 0 saturated carbocycles. The summed E-state index contributed by atoms with van der Waals surface area (Å²) in [6.07, 6.45) is 3.13. The van der Waals surface area contributed by atoms with Crippen molar-refractivity contribution < 1.29 is 4.57 Å². The van der Waals surface area contributed by atoms with Gasteiger partial charge in [0.25, 0.3) is 0 Å². The van der Waals surface area contributed by atoms with Crippen LogP contribution in [0.25, 0.3) is 28.0 Å². The lowest BCUT2D eigenvalue weighted by molar-refractivity contribution is -0.660. The van der Waals surface area contributed by atoms with Crippen molar-refractivity contribution >= 4 is 11.0 Å². The van der Waals surface area contributed by atoms with Crippen molar-refractivity contribution in [1.82, 2.24) is 9.55 Å². The van der Waals surface area contributed by atoms with E-state index in [-0.39, 0.29) is 0 Å².